The van der Waals surface area contributed by atoms with Crippen LogP contribution in [0.25, 0.3) is 0 Å². The number of hydrogen-bond acceptors (Lipinski definition) is 4. The van der Waals surface area contributed by atoms with Gasteiger partial charge in [0, 0.05) is 4.47 Å². The fourth-order valence-corrected chi connectivity index (χ4v) is 2.97. The maximum Gasteiger partial charge on any atom is 0.276 e. The van der Waals surface area contributed by atoms with Gasteiger partial charge in [-0.3, -0.25) is 20.4 Å². The van der Waals surface area contributed by atoms with E-state index in [1.807, 2.05) is 31.2 Å². The van der Waals surface area contributed by atoms with Crippen molar-refractivity contribution in [3.63, 3.8) is 0 Å². The molecule has 0 spiro atoms. The van der Waals surface area contributed by atoms with Gasteiger partial charge in [-0.2, -0.15) is 0 Å². The molecule has 0 aliphatic carbocycles. The number of nitrogens with one attached hydrogen (secondary N) is 3. The third-order valence-corrected chi connectivity index (χ3v) is 4.43. The van der Waals surface area contributed by atoms with Gasteiger partial charge in [0.05, 0.1) is 11.4 Å². The molecular weight excluding hydrogens is 454 g/mol. The molecule has 142 valence electrons. The average molecular weight is 471 g/mol. The maximum absolute atomic E-state index is 12.0. The van der Waals surface area contributed by atoms with Crippen molar-refractivity contribution in [1.82, 2.24) is 16.2 Å². The molecule has 3 N–H and O–H groups in total. The molecule has 2 aromatic rings. The predicted molar refractivity (Wildman–Crippen MR) is 112 cm³/mol. The first-order valence-electron chi connectivity index (χ1n) is 7.86. The van der Waals surface area contributed by atoms with Crippen LogP contribution in [0.5, 0.6) is 5.75 Å². The van der Waals surface area contributed by atoms with Crippen LogP contribution in [0.2, 0.25) is 5.02 Å². The molecule has 0 unspecified atom stereocenters. The van der Waals surface area contributed by atoms with E-state index in [-0.39, 0.29) is 24.0 Å². The van der Waals surface area contributed by atoms with Gasteiger partial charge < -0.3 is 10.1 Å². The molecule has 0 saturated carbocycles. The van der Waals surface area contributed by atoms with Crippen LogP contribution in [0, 0.1) is 6.92 Å². The Bertz CT molecular complexity index is 863. The molecule has 0 aromatic heterocycles. The Morgan fingerprint density at radius 2 is 1.89 bits per heavy atom. The van der Waals surface area contributed by atoms with Crippen LogP contribution in [0.3, 0.4) is 0 Å². The maximum atomic E-state index is 12.0. The Balaban J connectivity index is 1.72. The van der Waals surface area contributed by atoms with Crippen LogP contribution in [-0.4, -0.2) is 23.5 Å². The largest absolute Gasteiger partial charge is 0.482 e. The van der Waals surface area contributed by atoms with Crippen LogP contribution in [0.1, 0.15) is 11.1 Å². The summed E-state index contributed by atoms with van der Waals surface area (Å²) in [5.41, 5.74) is 6.72. The molecule has 0 bridgehead atoms. The fraction of sp³-hybridized carbons (Fsp3) is 0.167. The van der Waals surface area contributed by atoms with Crippen LogP contribution in [0.15, 0.2) is 46.9 Å². The number of hydrogen-bond donors (Lipinski definition) is 3. The van der Waals surface area contributed by atoms with Crippen LogP contribution >= 0.6 is 39.7 Å². The lowest BCUT2D eigenvalue weighted by Crippen LogP contribution is -2.50. The number of thiocarbonyl (C=S) groups is 1. The number of rotatable bonds is 5. The second-order valence-electron chi connectivity index (χ2n) is 5.52. The summed E-state index contributed by atoms with van der Waals surface area (Å²) in [6, 6.07) is 12.6. The summed E-state index contributed by atoms with van der Waals surface area (Å²) in [6.45, 7) is 1.66. The van der Waals surface area contributed by atoms with Gasteiger partial charge in [0.15, 0.2) is 11.7 Å². The second-order valence-corrected chi connectivity index (χ2v) is 7.25. The van der Waals surface area contributed by atoms with Gasteiger partial charge in [-0.05, 0) is 48.5 Å². The van der Waals surface area contributed by atoms with Gasteiger partial charge in [-0.15, -0.1) is 0 Å². The van der Waals surface area contributed by atoms with Crippen molar-refractivity contribution < 1.29 is 14.3 Å². The van der Waals surface area contributed by atoms with E-state index in [0.717, 1.165) is 15.6 Å². The van der Waals surface area contributed by atoms with E-state index in [0.29, 0.717) is 10.8 Å². The molecule has 2 rings (SSSR count). The zero-order valence-corrected chi connectivity index (χ0v) is 17.5. The third-order valence-electron chi connectivity index (χ3n) is 3.43. The standard InChI is InChI=1S/C18H17BrClN3O3S/c1-11-4-2-3-5-12(11)8-16(24)21-18(27)23-22-17(25)10-26-15-7-6-13(19)9-14(15)20/h2-7,9H,8,10H2,1H3,(H,22,25)(H2,21,23,24,27). The molecule has 9 heteroatoms. The first-order chi connectivity index (χ1) is 12.8. The number of ether oxygens (including phenoxy) is 1. The van der Waals surface area contributed by atoms with Crippen molar-refractivity contribution in [2.75, 3.05) is 6.61 Å². The molecular formula is C18H17BrClN3O3S. The summed E-state index contributed by atoms with van der Waals surface area (Å²) in [4.78, 5) is 23.8. The Morgan fingerprint density at radius 1 is 1.15 bits per heavy atom. The molecule has 0 saturated heterocycles. The Hall–Kier alpha value is -2.16. The van der Waals surface area contributed by atoms with Crippen molar-refractivity contribution >= 4 is 56.7 Å². The normalized spacial score (nSPS) is 10.0. The first kappa shape index (κ1) is 21.1. The minimum Gasteiger partial charge on any atom is -0.482 e. The summed E-state index contributed by atoms with van der Waals surface area (Å²) in [5.74, 6) is -0.387. The molecule has 0 aliphatic rings. The second kappa shape index (κ2) is 10.2. The molecule has 0 aliphatic heterocycles. The van der Waals surface area contributed by atoms with Crippen molar-refractivity contribution in [3.05, 3.63) is 63.1 Å². The smallest absolute Gasteiger partial charge is 0.276 e. The molecule has 0 heterocycles. The summed E-state index contributed by atoms with van der Waals surface area (Å²) < 4.78 is 6.13. The summed E-state index contributed by atoms with van der Waals surface area (Å²) in [5, 5.41) is 2.87. The van der Waals surface area contributed by atoms with E-state index < -0.39 is 5.91 Å². The van der Waals surface area contributed by atoms with Crippen molar-refractivity contribution in [2.45, 2.75) is 13.3 Å². The first-order valence-corrected chi connectivity index (χ1v) is 9.44. The molecule has 0 radical (unpaired) electrons. The van der Waals surface area contributed by atoms with E-state index >= 15 is 0 Å². The minimum atomic E-state index is -0.482. The zero-order valence-electron chi connectivity index (χ0n) is 14.3. The van der Waals surface area contributed by atoms with Crippen molar-refractivity contribution in [3.8, 4) is 5.75 Å². The lowest BCUT2D eigenvalue weighted by atomic mass is 10.1. The topological polar surface area (TPSA) is 79.5 Å². The van der Waals surface area contributed by atoms with Gasteiger partial charge >= 0.3 is 0 Å². The molecule has 27 heavy (non-hydrogen) atoms. The Labute approximate surface area is 175 Å². The number of carbonyl (C=O) groups excluding carboxylic acids is 2. The highest BCUT2D eigenvalue weighted by Gasteiger charge is 2.09. The zero-order chi connectivity index (χ0) is 19.8. The summed E-state index contributed by atoms with van der Waals surface area (Å²) >= 11 is 14.3. The molecule has 2 amide bonds. The predicted octanol–water partition coefficient (Wildman–Crippen LogP) is 3.05. The Morgan fingerprint density at radius 3 is 2.59 bits per heavy atom. The van der Waals surface area contributed by atoms with E-state index in [1.165, 1.54) is 0 Å². The summed E-state index contributed by atoms with van der Waals surface area (Å²) in [6.07, 6.45) is 0.188. The molecule has 2 aromatic carbocycles. The number of amides is 2. The van der Waals surface area contributed by atoms with E-state index in [4.69, 9.17) is 28.6 Å². The highest BCUT2D eigenvalue weighted by atomic mass is 79.9. The monoisotopic (exact) mass is 469 g/mol. The quantitative estimate of drug-likeness (QED) is 0.462. The van der Waals surface area contributed by atoms with Gasteiger partial charge in [-0.25, -0.2) is 0 Å². The minimum absolute atomic E-state index is 0.0105. The van der Waals surface area contributed by atoms with Crippen LogP contribution in [0.4, 0.5) is 0 Å². The van der Waals surface area contributed by atoms with Gasteiger partial charge in [0.2, 0.25) is 5.91 Å². The van der Waals surface area contributed by atoms with Crippen molar-refractivity contribution in [2.24, 2.45) is 0 Å². The van der Waals surface area contributed by atoms with E-state index in [9.17, 15) is 9.59 Å². The number of aryl methyl sites for hydroxylation is 1. The highest BCUT2D eigenvalue weighted by molar-refractivity contribution is 9.10. The van der Waals surface area contributed by atoms with Crippen LogP contribution < -0.4 is 20.9 Å². The third kappa shape index (κ3) is 7.16. The number of carbonyl (C=O) groups is 2. The summed E-state index contributed by atoms with van der Waals surface area (Å²) in [7, 11) is 0. The molecule has 0 atom stereocenters. The lowest BCUT2D eigenvalue weighted by Gasteiger charge is -2.12. The molecule has 6 nitrogen and oxygen atoms in total. The molecule has 0 fully saturated rings. The SMILES string of the molecule is Cc1ccccc1CC(=O)NC(=S)NNC(=O)COc1ccc(Br)cc1Cl. The van der Waals surface area contributed by atoms with E-state index in [1.54, 1.807) is 18.2 Å². The Kier molecular flexibility index (Phi) is 8.02. The van der Waals surface area contributed by atoms with Gasteiger partial charge in [-0.1, -0.05) is 51.8 Å². The number of benzene rings is 2. The van der Waals surface area contributed by atoms with Crippen molar-refractivity contribution in [1.29, 1.82) is 0 Å². The highest BCUT2D eigenvalue weighted by Crippen LogP contribution is 2.27. The van der Waals surface area contributed by atoms with Gasteiger partial charge in [0.25, 0.3) is 5.91 Å². The number of halogens is 2. The lowest BCUT2D eigenvalue weighted by molar-refractivity contribution is -0.124. The van der Waals surface area contributed by atoms with Crippen LogP contribution in [-0.2, 0) is 16.0 Å². The number of hydrazine groups is 1. The van der Waals surface area contributed by atoms with E-state index in [2.05, 4.69) is 32.1 Å². The van der Waals surface area contributed by atoms with Gasteiger partial charge in [0.1, 0.15) is 5.75 Å². The fourth-order valence-electron chi connectivity index (χ4n) is 2.08. The average Bonchev–Trinajstić information content (AvgIpc) is 2.61.